The molecule has 8 nitrogen and oxygen atoms in total. The highest BCUT2D eigenvalue weighted by Gasteiger charge is 2.17. The third-order valence-electron chi connectivity index (χ3n) is 4.78. The Bertz CT molecular complexity index is 1490. The van der Waals surface area contributed by atoms with Crippen molar-refractivity contribution in [2.75, 3.05) is 5.32 Å². The van der Waals surface area contributed by atoms with Crippen LogP contribution in [0, 0.1) is 18.6 Å². The van der Waals surface area contributed by atoms with Crippen molar-refractivity contribution < 1.29 is 13.6 Å². The monoisotopic (exact) mass is 443 g/mol. The Labute approximate surface area is 177 Å². The maximum absolute atomic E-state index is 14.1. The zero-order chi connectivity index (χ0) is 22.4. The Morgan fingerprint density at radius 3 is 2.55 bits per heavy atom. The van der Waals surface area contributed by atoms with Crippen molar-refractivity contribution in [3.8, 4) is 11.3 Å². The van der Waals surface area contributed by atoms with Gasteiger partial charge in [-0.15, -0.1) is 11.3 Å². The van der Waals surface area contributed by atoms with Crippen LogP contribution in [-0.2, 0) is 14.1 Å². The molecule has 3 heterocycles. The van der Waals surface area contributed by atoms with Crippen molar-refractivity contribution in [3.63, 3.8) is 0 Å². The number of carbonyl (C=O) groups excluding carboxylic acids is 1. The minimum atomic E-state index is -0.759. The molecular weight excluding hydrogens is 428 g/mol. The molecule has 0 spiro atoms. The van der Waals surface area contributed by atoms with Crippen molar-refractivity contribution in [2.24, 2.45) is 14.1 Å². The van der Waals surface area contributed by atoms with Crippen LogP contribution >= 0.6 is 11.3 Å². The molecule has 158 valence electrons. The molecule has 3 aromatic heterocycles. The summed E-state index contributed by atoms with van der Waals surface area (Å²) in [5.74, 6) is -2.03. The number of carbonyl (C=O) groups is 1. The van der Waals surface area contributed by atoms with Crippen LogP contribution in [0.1, 0.15) is 16.1 Å². The third-order valence-corrected chi connectivity index (χ3v) is 5.54. The summed E-state index contributed by atoms with van der Waals surface area (Å²) in [5.41, 5.74) is -0.404. The van der Waals surface area contributed by atoms with Crippen molar-refractivity contribution in [1.82, 2.24) is 19.1 Å². The number of amides is 1. The molecule has 1 N–H and O–H groups in total. The van der Waals surface area contributed by atoms with Crippen molar-refractivity contribution in [2.45, 2.75) is 6.92 Å². The van der Waals surface area contributed by atoms with Crippen LogP contribution < -0.4 is 16.6 Å². The number of aryl methyl sites for hydroxylation is 2. The summed E-state index contributed by atoms with van der Waals surface area (Å²) < 4.78 is 29.7. The number of rotatable bonds is 3. The number of fused-ring (bicyclic) bond motifs is 1. The van der Waals surface area contributed by atoms with Crippen LogP contribution in [0.2, 0.25) is 0 Å². The number of thiazole rings is 1. The smallest absolute Gasteiger partial charge is 0.296 e. The van der Waals surface area contributed by atoms with Crippen molar-refractivity contribution in [1.29, 1.82) is 0 Å². The number of nitrogens with zero attached hydrogens (tertiary/aromatic N) is 4. The quantitative estimate of drug-likeness (QED) is 0.525. The summed E-state index contributed by atoms with van der Waals surface area (Å²) in [6, 6.07) is 4.91. The maximum atomic E-state index is 14.1. The van der Waals surface area contributed by atoms with Gasteiger partial charge in [-0.3, -0.25) is 24.0 Å². The average Bonchev–Trinajstić information content (AvgIpc) is 3.20. The zero-order valence-electron chi connectivity index (χ0n) is 16.6. The second-order valence-corrected chi connectivity index (χ2v) is 7.70. The van der Waals surface area contributed by atoms with Gasteiger partial charge in [-0.1, -0.05) is 0 Å². The number of anilines is 1. The standard InChI is InChI=1S/C20H15F2N5O3S/c1-9-6-11(13(22)7-12(9)21)15-8-31-19(24-15)25-17(28)14-5-4-10-16(23-14)26(2)20(30)27(3)18(10)29/h4-8H,1-3H3,(H,24,25,28). The molecule has 0 unspecified atom stereocenters. The summed E-state index contributed by atoms with van der Waals surface area (Å²) >= 11 is 1.06. The van der Waals surface area contributed by atoms with Gasteiger partial charge in [0.2, 0.25) is 0 Å². The van der Waals surface area contributed by atoms with E-state index in [1.54, 1.807) is 0 Å². The molecule has 4 aromatic rings. The topological polar surface area (TPSA) is 98.9 Å². The Morgan fingerprint density at radius 2 is 1.81 bits per heavy atom. The molecule has 0 bridgehead atoms. The SMILES string of the molecule is Cc1cc(-c2csc(NC(=O)c3ccc4c(=O)n(C)c(=O)n(C)c4n3)n2)c(F)cc1F. The first-order chi connectivity index (χ1) is 14.7. The molecule has 0 saturated heterocycles. The van der Waals surface area contributed by atoms with E-state index < -0.39 is 28.8 Å². The first kappa shape index (κ1) is 20.5. The highest BCUT2D eigenvalue weighted by atomic mass is 32.1. The lowest BCUT2D eigenvalue weighted by Gasteiger charge is -2.08. The molecule has 1 aromatic carbocycles. The van der Waals surface area contributed by atoms with Crippen LogP contribution in [0.25, 0.3) is 22.3 Å². The van der Waals surface area contributed by atoms with Crippen LogP contribution in [0.15, 0.2) is 39.2 Å². The molecule has 0 atom stereocenters. The number of halogens is 2. The van der Waals surface area contributed by atoms with Crippen LogP contribution in [0.3, 0.4) is 0 Å². The third kappa shape index (κ3) is 3.52. The van der Waals surface area contributed by atoms with Crippen molar-refractivity contribution in [3.05, 3.63) is 73.4 Å². The predicted molar refractivity (Wildman–Crippen MR) is 112 cm³/mol. The summed E-state index contributed by atoms with van der Waals surface area (Å²) in [7, 11) is 2.81. The largest absolute Gasteiger partial charge is 0.332 e. The highest BCUT2D eigenvalue weighted by Crippen LogP contribution is 2.29. The van der Waals surface area contributed by atoms with Gasteiger partial charge in [-0.05, 0) is 30.7 Å². The first-order valence-electron chi connectivity index (χ1n) is 8.97. The van der Waals surface area contributed by atoms with Crippen LogP contribution in [0.4, 0.5) is 13.9 Å². The number of aromatic nitrogens is 4. The Hall–Kier alpha value is -3.73. The summed E-state index contributed by atoms with van der Waals surface area (Å²) in [6.07, 6.45) is 0. The molecule has 4 rings (SSSR count). The van der Waals surface area contributed by atoms with E-state index in [1.807, 2.05) is 0 Å². The molecule has 0 aliphatic carbocycles. The fraction of sp³-hybridized carbons (Fsp3) is 0.150. The van der Waals surface area contributed by atoms with Crippen LogP contribution in [-0.4, -0.2) is 25.0 Å². The lowest BCUT2D eigenvalue weighted by atomic mass is 10.1. The van der Waals surface area contributed by atoms with E-state index in [1.165, 1.54) is 49.2 Å². The molecule has 0 aliphatic heterocycles. The summed E-state index contributed by atoms with van der Waals surface area (Å²) in [5, 5.41) is 4.47. The number of pyridine rings is 1. The highest BCUT2D eigenvalue weighted by molar-refractivity contribution is 7.14. The average molecular weight is 443 g/mol. The molecule has 31 heavy (non-hydrogen) atoms. The van der Waals surface area contributed by atoms with Gasteiger partial charge >= 0.3 is 5.69 Å². The van der Waals surface area contributed by atoms with E-state index in [0.717, 1.165) is 22.0 Å². The fourth-order valence-corrected chi connectivity index (χ4v) is 3.76. The van der Waals surface area contributed by atoms with Crippen LogP contribution in [0.5, 0.6) is 0 Å². The summed E-state index contributed by atoms with van der Waals surface area (Å²) in [4.78, 5) is 45.3. The second-order valence-electron chi connectivity index (χ2n) is 6.85. The van der Waals surface area contributed by atoms with Gasteiger partial charge < -0.3 is 0 Å². The molecule has 11 heteroatoms. The van der Waals surface area contributed by atoms with Gasteiger partial charge in [0.1, 0.15) is 23.0 Å². The normalized spacial score (nSPS) is 11.1. The lowest BCUT2D eigenvalue weighted by Crippen LogP contribution is -2.37. The van der Waals surface area contributed by atoms with E-state index in [-0.39, 0.29) is 38.7 Å². The number of hydrogen-bond donors (Lipinski definition) is 1. The van der Waals surface area contributed by atoms with Gasteiger partial charge in [0.15, 0.2) is 5.13 Å². The molecule has 0 saturated carbocycles. The van der Waals surface area contributed by atoms with Gasteiger partial charge in [0.05, 0.1) is 11.1 Å². The van der Waals surface area contributed by atoms with Gasteiger partial charge in [0.25, 0.3) is 11.5 Å². The van der Waals surface area contributed by atoms with Crippen molar-refractivity contribution >= 4 is 33.4 Å². The minimum absolute atomic E-state index is 0.0312. The number of hydrogen-bond acceptors (Lipinski definition) is 6. The number of nitrogens with one attached hydrogen (secondary N) is 1. The molecular formula is C20H15F2N5O3S. The first-order valence-corrected chi connectivity index (χ1v) is 9.85. The maximum Gasteiger partial charge on any atom is 0.332 e. The second kappa shape index (κ2) is 7.51. The predicted octanol–water partition coefficient (Wildman–Crippen LogP) is 2.59. The van der Waals surface area contributed by atoms with E-state index >= 15 is 0 Å². The molecule has 0 fully saturated rings. The molecule has 0 radical (unpaired) electrons. The van der Waals surface area contributed by atoms with E-state index in [9.17, 15) is 23.2 Å². The van der Waals surface area contributed by atoms with E-state index in [2.05, 4.69) is 15.3 Å². The Balaban J connectivity index is 1.65. The van der Waals surface area contributed by atoms with Gasteiger partial charge in [-0.25, -0.2) is 23.5 Å². The lowest BCUT2D eigenvalue weighted by molar-refractivity contribution is 0.102. The number of benzene rings is 1. The van der Waals surface area contributed by atoms with Gasteiger partial charge in [-0.2, -0.15) is 0 Å². The summed E-state index contributed by atoms with van der Waals surface area (Å²) in [6.45, 7) is 1.51. The van der Waals surface area contributed by atoms with Gasteiger partial charge in [0, 0.05) is 31.1 Å². The zero-order valence-corrected chi connectivity index (χ0v) is 17.4. The Morgan fingerprint density at radius 1 is 1.06 bits per heavy atom. The molecule has 1 amide bonds. The fourth-order valence-electron chi connectivity index (χ4n) is 3.05. The van der Waals surface area contributed by atoms with E-state index in [0.29, 0.717) is 0 Å². The Kier molecular flexibility index (Phi) is 4.97. The van der Waals surface area contributed by atoms with E-state index in [4.69, 9.17) is 0 Å². The minimum Gasteiger partial charge on any atom is -0.296 e. The molecule has 0 aliphatic rings.